The van der Waals surface area contributed by atoms with Crippen LogP contribution in [0.3, 0.4) is 0 Å². The Morgan fingerprint density at radius 3 is 2.52 bits per heavy atom. The summed E-state index contributed by atoms with van der Waals surface area (Å²) < 4.78 is 0. The lowest BCUT2D eigenvalue weighted by Crippen LogP contribution is -2.47. The van der Waals surface area contributed by atoms with Gasteiger partial charge in [-0.05, 0) is 31.5 Å². The maximum atomic E-state index is 12.0. The van der Waals surface area contributed by atoms with Crippen molar-refractivity contribution in [3.8, 4) is 0 Å². The second kappa shape index (κ2) is 7.28. The Morgan fingerprint density at radius 2 is 2.00 bits per heavy atom. The van der Waals surface area contributed by atoms with Crippen LogP contribution in [-0.4, -0.2) is 40.5 Å². The zero-order valence-electron chi connectivity index (χ0n) is 12.0. The van der Waals surface area contributed by atoms with E-state index in [1.807, 2.05) is 0 Å². The smallest absolute Gasteiger partial charge is 0.335 e. The molecule has 1 aromatic carbocycles. The van der Waals surface area contributed by atoms with Crippen LogP contribution in [0.2, 0.25) is 0 Å². The van der Waals surface area contributed by atoms with Gasteiger partial charge in [-0.1, -0.05) is 12.1 Å². The van der Waals surface area contributed by atoms with Crippen LogP contribution in [-0.2, 0) is 11.3 Å². The third kappa shape index (κ3) is 5.13. The van der Waals surface area contributed by atoms with Crippen molar-refractivity contribution in [2.24, 2.45) is 5.73 Å². The Balaban J connectivity index is 2.68. The number of benzene rings is 1. The van der Waals surface area contributed by atoms with E-state index in [4.69, 9.17) is 10.8 Å². The molecule has 0 aliphatic carbocycles. The number of hydrogen-bond acceptors (Lipinski definition) is 3. The molecule has 0 unspecified atom stereocenters. The second-order valence-electron chi connectivity index (χ2n) is 4.85. The van der Waals surface area contributed by atoms with Crippen LogP contribution in [0.5, 0.6) is 0 Å². The van der Waals surface area contributed by atoms with Gasteiger partial charge in [0.2, 0.25) is 5.91 Å². The summed E-state index contributed by atoms with van der Waals surface area (Å²) in [6, 6.07) is 5.67. The van der Waals surface area contributed by atoms with Gasteiger partial charge in [0.25, 0.3) is 0 Å². The molecule has 7 nitrogen and oxygen atoms in total. The Labute approximate surface area is 122 Å². The van der Waals surface area contributed by atoms with E-state index in [1.165, 1.54) is 17.0 Å². The number of amides is 3. The fourth-order valence-corrected chi connectivity index (χ4v) is 1.75. The Morgan fingerprint density at radius 1 is 1.33 bits per heavy atom. The Hall–Kier alpha value is -2.57. The van der Waals surface area contributed by atoms with Gasteiger partial charge in [-0.15, -0.1) is 0 Å². The van der Waals surface area contributed by atoms with Crippen LogP contribution in [0, 0.1) is 0 Å². The lowest BCUT2D eigenvalue weighted by atomic mass is 10.1. The third-order valence-electron chi connectivity index (χ3n) is 2.83. The summed E-state index contributed by atoms with van der Waals surface area (Å²) in [6.07, 6.45) is 0. The zero-order valence-corrected chi connectivity index (χ0v) is 12.0. The number of carboxylic acid groups (broad SMARTS) is 1. The first kappa shape index (κ1) is 16.5. The van der Waals surface area contributed by atoms with Crippen molar-refractivity contribution in [2.45, 2.75) is 26.4 Å². The van der Waals surface area contributed by atoms with E-state index >= 15 is 0 Å². The summed E-state index contributed by atoms with van der Waals surface area (Å²) in [6.45, 7) is 3.54. The van der Waals surface area contributed by atoms with Crippen LogP contribution >= 0.6 is 0 Å². The van der Waals surface area contributed by atoms with Crippen molar-refractivity contribution in [3.05, 3.63) is 35.4 Å². The number of nitrogens with two attached hydrogens (primary N) is 1. The topological polar surface area (TPSA) is 113 Å². The SMILES string of the molecule is CC(C)N(CC(N)=O)C(=O)NCc1cccc(C(=O)O)c1. The van der Waals surface area contributed by atoms with Gasteiger partial charge in [-0.2, -0.15) is 0 Å². The third-order valence-corrected chi connectivity index (χ3v) is 2.83. The lowest BCUT2D eigenvalue weighted by molar-refractivity contribution is -0.118. The number of carbonyl (C=O) groups excluding carboxylic acids is 2. The number of carbonyl (C=O) groups is 3. The summed E-state index contributed by atoms with van der Waals surface area (Å²) in [4.78, 5) is 35.1. The molecule has 0 saturated carbocycles. The maximum absolute atomic E-state index is 12.0. The van der Waals surface area contributed by atoms with Crippen LogP contribution < -0.4 is 11.1 Å². The van der Waals surface area contributed by atoms with Crippen molar-refractivity contribution in [3.63, 3.8) is 0 Å². The monoisotopic (exact) mass is 293 g/mol. The summed E-state index contributed by atoms with van der Waals surface area (Å²) in [5, 5.41) is 11.5. The quantitative estimate of drug-likeness (QED) is 0.719. The van der Waals surface area contributed by atoms with Gasteiger partial charge in [-0.3, -0.25) is 4.79 Å². The molecule has 0 aromatic heterocycles. The molecular weight excluding hydrogens is 274 g/mol. The van der Waals surface area contributed by atoms with Crippen molar-refractivity contribution in [1.82, 2.24) is 10.2 Å². The van der Waals surface area contributed by atoms with Gasteiger partial charge in [0.15, 0.2) is 0 Å². The minimum Gasteiger partial charge on any atom is -0.478 e. The average molecular weight is 293 g/mol. The molecule has 0 saturated heterocycles. The van der Waals surface area contributed by atoms with E-state index in [0.29, 0.717) is 5.56 Å². The van der Waals surface area contributed by atoms with Gasteiger partial charge in [0.05, 0.1) is 5.56 Å². The molecule has 114 valence electrons. The van der Waals surface area contributed by atoms with Gasteiger partial charge in [-0.25, -0.2) is 9.59 Å². The molecule has 0 radical (unpaired) electrons. The summed E-state index contributed by atoms with van der Waals surface area (Å²) >= 11 is 0. The van der Waals surface area contributed by atoms with Crippen molar-refractivity contribution in [2.75, 3.05) is 6.54 Å². The fourth-order valence-electron chi connectivity index (χ4n) is 1.75. The van der Waals surface area contributed by atoms with E-state index in [2.05, 4.69) is 5.32 Å². The molecule has 1 rings (SSSR count). The first-order chi connectivity index (χ1) is 9.81. The molecule has 0 fully saturated rings. The Kier molecular flexibility index (Phi) is 5.71. The molecule has 21 heavy (non-hydrogen) atoms. The highest BCUT2D eigenvalue weighted by Crippen LogP contribution is 2.06. The number of rotatable bonds is 6. The summed E-state index contributed by atoms with van der Waals surface area (Å²) in [5.74, 6) is -1.62. The summed E-state index contributed by atoms with van der Waals surface area (Å²) in [7, 11) is 0. The van der Waals surface area contributed by atoms with E-state index in [1.54, 1.807) is 26.0 Å². The van der Waals surface area contributed by atoms with Gasteiger partial charge >= 0.3 is 12.0 Å². The highest BCUT2D eigenvalue weighted by molar-refractivity contribution is 5.87. The zero-order chi connectivity index (χ0) is 16.0. The van der Waals surface area contributed by atoms with Crippen molar-refractivity contribution >= 4 is 17.9 Å². The Bertz CT molecular complexity index is 543. The first-order valence-electron chi connectivity index (χ1n) is 6.46. The number of aromatic carboxylic acids is 1. The first-order valence-corrected chi connectivity index (χ1v) is 6.46. The maximum Gasteiger partial charge on any atom is 0.335 e. The van der Waals surface area contributed by atoms with Gasteiger partial charge < -0.3 is 21.1 Å². The molecule has 0 atom stereocenters. The fraction of sp³-hybridized carbons (Fsp3) is 0.357. The minimum atomic E-state index is -1.03. The van der Waals surface area contributed by atoms with Gasteiger partial charge in [0.1, 0.15) is 6.54 Å². The summed E-state index contributed by atoms with van der Waals surface area (Å²) in [5.41, 5.74) is 5.91. The molecule has 0 spiro atoms. The van der Waals surface area contributed by atoms with E-state index in [9.17, 15) is 14.4 Å². The number of hydrogen-bond donors (Lipinski definition) is 3. The molecule has 7 heteroatoms. The largest absolute Gasteiger partial charge is 0.478 e. The van der Waals surface area contributed by atoms with Crippen LogP contribution in [0.4, 0.5) is 4.79 Å². The van der Waals surface area contributed by atoms with Crippen molar-refractivity contribution in [1.29, 1.82) is 0 Å². The predicted molar refractivity (Wildman–Crippen MR) is 76.7 cm³/mol. The molecule has 0 heterocycles. The minimum absolute atomic E-state index is 0.152. The molecule has 0 aliphatic heterocycles. The number of carboxylic acids is 1. The number of nitrogens with one attached hydrogen (secondary N) is 1. The standard InChI is InChI=1S/C14H19N3O4/c1-9(2)17(8-12(15)18)14(21)16-7-10-4-3-5-11(6-10)13(19)20/h3-6,9H,7-8H2,1-2H3,(H2,15,18)(H,16,21)(H,19,20). The second-order valence-corrected chi connectivity index (χ2v) is 4.85. The molecular formula is C14H19N3O4. The highest BCUT2D eigenvalue weighted by atomic mass is 16.4. The van der Waals surface area contributed by atoms with Crippen LogP contribution in [0.1, 0.15) is 29.8 Å². The van der Waals surface area contributed by atoms with E-state index in [-0.39, 0.29) is 24.7 Å². The van der Waals surface area contributed by atoms with E-state index < -0.39 is 17.9 Å². The van der Waals surface area contributed by atoms with Crippen molar-refractivity contribution < 1.29 is 19.5 Å². The molecule has 0 bridgehead atoms. The predicted octanol–water partition coefficient (Wildman–Crippen LogP) is 0.790. The molecule has 1 aromatic rings. The van der Waals surface area contributed by atoms with Crippen LogP contribution in [0.25, 0.3) is 0 Å². The molecule has 4 N–H and O–H groups in total. The number of primary amides is 1. The molecule has 3 amide bonds. The highest BCUT2D eigenvalue weighted by Gasteiger charge is 2.18. The van der Waals surface area contributed by atoms with E-state index in [0.717, 1.165) is 0 Å². The average Bonchev–Trinajstić information content (AvgIpc) is 2.42. The number of nitrogens with zero attached hydrogens (tertiary/aromatic N) is 1. The molecule has 0 aliphatic rings. The van der Waals surface area contributed by atoms with Gasteiger partial charge in [0, 0.05) is 12.6 Å². The lowest BCUT2D eigenvalue weighted by Gasteiger charge is -2.25. The normalized spacial score (nSPS) is 10.2. The number of urea groups is 1. The van der Waals surface area contributed by atoms with Crippen LogP contribution in [0.15, 0.2) is 24.3 Å².